The van der Waals surface area contributed by atoms with Crippen LogP contribution >= 0.6 is 0 Å². The molecule has 4 nitrogen and oxygen atoms in total. The number of halogens is 2. The fourth-order valence-corrected chi connectivity index (χ4v) is 1.69. The molecule has 2 rings (SSSR count). The summed E-state index contributed by atoms with van der Waals surface area (Å²) in [6.45, 7) is 1.12. The summed E-state index contributed by atoms with van der Waals surface area (Å²) < 4.78 is 36.9. The van der Waals surface area contributed by atoms with Crippen LogP contribution in [0.4, 0.5) is 8.78 Å². The molecule has 1 aliphatic rings. The Balaban J connectivity index is 2.39. The van der Waals surface area contributed by atoms with Gasteiger partial charge >= 0.3 is 0 Å². The summed E-state index contributed by atoms with van der Waals surface area (Å²) in [6.07, 6.45) is 0.395. The highest BCUT2D eigenvalue weighted by atomic mass is 19.3. The van der Waals surface area contributed by atoms with Crippen molar-refractivity contribution < 1.29 is 23.1 Å². The number of benzene rings is 1. The lowest BCUT2D eigenvalue weighted by Crippen LogP contribution is -2.09. The predicted octanol–water partition coefficient (Wildman–Crippen LogP) is 1.96. The van der Waals surface area contributed by atoms with Gasteiger partial charge in [0.05, 0.1) is 6.61 Å². The molecular formula is C11H13F2NO3. The van der Waals surface area contributed by atoms with Gasteiger partial charge in [-0.15, -0.1) is 0 Å². The highest BCUT2D eigenvalue weighted by Crippen LogP contribution is 2.41. The second-order valence-electron chi connectivity index (χ2n) is 3.88. The zero-order valence-corrected chi connectivity index (χ0v) is 9.33. The fraction of sp³-hybridized carbons (Fsp3) is 0.455. The summed E-state index contributed by atoms with van der Waals surface area (Å²) in [5.74, 6) is 2.85. The van der Waals surface area contributed by atoms with Crippen LogP contribution in [0.3, 0.4) is 0 Å². The average Bonchev–Trinajstić information content (AvgIpc) is 2.72. The molecule has 0 aromatic heterocycles. The topological polar surface area (TPSA) is 53.7 Å². The summed E-state index contributed by atoms with van der Waals surface area (Å²) >= 11 is 0. The van der Waals surface area contributed by atoms with Crippen LogP contribution in [0.25, 0.3) is 0 Å². The van der Waals surface area contributed by atoms with Gasteiger partial charge < -0.3 is 14.3 Å². The van der Waals surface area contributed by atoms with Crippen molar-refractivity contribution in [3.05, 3.63) is 23.3 Å². The molecule has 0 bridgehead atoms. The van der Waals surface area contributed by atoms with E-state index in [9.17, 15) is 8.78 Å². The second-order valence-corrected chi connectivity index (χ2v) is 3.88. The molecule has 1 aliphatic heterocycles. The maximum Gasteiger partial charge on any atom is 0.270 e. The standard InChI is InChI=1S/C11H13F2NO3/c1-11(12,13)8-4-7(2-3-17-14)10-9(5-8)15-6-16-10/h4-5H,2-3,6,14H2,1H3. The fourth-order valence-electron chi connectivity index (χ4n) is 1.69. The van der Waals surface area contributed by atoms with E-state index in [1.165, 1.54) is 12.1 Å². The minimum absolute atomic E-state index is 0.0462. The lowest BCUT2D eigenvalue weighted by atomic mass is 10.0. The molecule has 17 heavy (non-hydrogen) atoms. The monoisotopic (exact) mass is 245 g/mol. The van der Waals surface area contributed by atoms with E-state index in [1.54, 1.807) is 0 Å². The molecule has 0 fully saturated rings. The zero-order valence-electron chi connectivity index (χ0n) is 9.33. The van der Waals surface area contributed by atoms with Crippen molar-refractivity contribution in [1.82, 2.24) is 0 Å². The number of alkyl halides is 2. The minimum atomic E-state index is -2.92. The summed E-state index contributed by atoms with van der Waals surface area (Å²) in [5, 5.41) is 0. The summed E-state index contributed by atoms with van der Waals surface area (Å²) in [7, 11) is 0. The maximum atomic E-state index is 13.3. The lowest BCUT2D eigenvalue weighted by molar-refractivity contribution is 0.0171. The Bertz CT molecular complexity index is 418. The molecular weight excluding hydrogens is 232 g/mol. The van der Waals surface area contributed by atoms with Crippen LogP contribution in [0, 0.1) is 0 Å². The molecule has 0 spiro atoms. The zero-order chi connectivity index (χ0) is 12.5. The Morgan fingerprint density at radius 3 is 2.82 bits per heavy atom. The Morgan fingerprint density at radius 1 is 1.41 bits per heavy atom. The number of ether oxygens (including phenoxy) is 2. The van der Waals surface area contributed by atoms with E-state index >= 15 is 0 Å². The van der Waals surface area contributed by atoms with Gasteiger partial charge in [-0.3, -0.25) is 0 Å². The Labute approximate surface area is 97.2 Å². The van der Waals surface area contributed by atoms with Gasteiger partial charge in [-0.2, -0.15) is 0 Å². The third-order valence-corrected chi connectivity index (χ3v) is 2.55. The maximum absolute atomic E-state index is 13.3. The second kappa shape index (κ2) is 4.46. The first-order chi connectivity index (χ1) is 8.02. The molecule has 0 atom stereocenters. The molecule has 0 radical (unpaired) electrons. The molecule has 1 aromatic carbocycles. The lowest BCUT2D eigenvalue weighted by Gasteiger charge is -2.14. The van der Waals surface area contributed by atoms with Crippen LogP contribution < -0.4 is 15.4 Å². The van der Waals surface area contributed by atoms with Gasteiger partial charge in [-0.05, 0) is 12.1 Å². The van der Waals surface area contributed by atoms with Crippen LogP contribution in [0.2, 0.25) is 0 Å². The van der Waals surface area contributed by atoms with Crippen LogP contribution in [-0.4, -0.2) is 13.4 Å². The van der Waals surface area contributed by atoms with E-state index in [-0.39, 0.29) is 19.0 Å². The molecule has 6 heteroatoms. The van der Waals surface area contributed by atoms with Crippen LogP contribution in [0.1, 0.15) is 18.1 Å². The van der Waals surface area contributed by atoms with Crippen molar-refractivity contribution in [3.63, 3.8) is 0 Å². The summed E-state index contributed by atoms with van der Waals surface area (Å²) in [5.41, 5.74) is 0.510. The van der Waals surface area contributed by atoms with Crippen LogP contribution in [-0.2, 0) is 17.2 Å². The Morgan fingerprint density at radius 2 is 2.18 bits per heavy atom. The molecule has 94 valence electrons. The van der Waals surface area contributed by atoms with E-state index < -0.39 is 5.92 Å². The van der Waals surface area contributed by atoms with Crippen molar-refractivity contribution in [3.8, 4) is 11.5 Å². The van der Waals surface area contributed by atoms with Crippen molar-refractivity contribution >= 4 is 0 Å². The summed E-state index contributed by atoms with van der Waals surface area (Å²) in [6, 6.07) is 2.70. The SMILES string of the molecule is CC(F)(F)c1cc(CCON)c2c(c1)OCO2. The van der Waals surface area contributed by atoms with Gasteiger partial charge in [0.15, 0.2) is 11.5 Å². The summed E-state index contributed by atoms with van der Waals surface area (Å²) in [4.78, 5) is 4.45. The highest BCUT2D eigenvalue weighted by molar-refractivity contribution is 5.51. The quantitative estimate of drug-likeness (QED) is 0.824. The molecule has 1 heterocycles. The first-order valence-corrected chi connectivity index (χ1v) is 5.15. The van der Waals surface area contributed by atoms with Gasteiger partial charge in [0, 0.05) is 24.5 Å². The largest absolute Gasteiger partial charge is 0.454 e. The van der Waals surface area contributed by atoms with Crippen molar-refractivity contribution in [2.75, 3.05) is 13.4 Å². The normalized spacial score (nSPS) is 14.1. The molecule has 2 N–H and O–H groups in total. The molecule has 0 saturated heterocycles. The first-order valence-electron chi connectivity index (χ1n) is 5.15. The average molecular weight is 245 g/mol. The number of fused-ring (bicyclic) bond motifs is 1. The van der Waals surface area contributed by atoms with Gasteiger partial charge in [0.1, 0.15) is 0 Å². The van der Waals surface area contributed by atoms with E-state index in [4.69, 9.17) is 15.4 Å². The van der Waals surface area contributed by atoms with Gasteiger partial charge in [0.25, 0.3) is 5.92 Å². The van der Waals surface area contributed by atoms with Gasteiger partial charge in [-0.25, -0.2) is 14.7 Å². The van der Waals surface area contributed by atoms with Gasteiger partial charge in [0.2, 0.25) is 6.79 Å². The smallest absolute Gasteiger partial charge is 0.270 e. The van der Waals surface area contributed by atoms with Gasteiger partial charge in [-0.1, -0.05) is 0 Å². The van der Waals surface area contributed by atoms with Crippen molar-refractivity contribution in [1.29, 1.82) is 0 Å². The first kappa shape index (κ1) is 12.1. The number of hydrogen-bond donors (Lipinski definition) is 1. The van der Waals surface area contributed by atoms with Crippen molar-refractivity contribution in [2.45, 2.75) is 19.3 Å². The van der Waals surface area contributed by atoms with Crippen molar-refractivity contribution in [2.24, 2.45) is 5.90 Å². The van der Waals surface area contributed by atoms with Crippen LogP contribution in [0.15, 0.2) is 12.1 Å². The van der Waals surface area contributed by atoms with E-state index in [1.807, 2.05) is 0 Å². The Kier molecular flexibility index (Phi) is 3.17. The van der Waals surface area contributed by atoms with E-state index in [0.717, 1.165) is 6.92 Å². The number of rotatable bonds is 4. The molecule has 0 unspecified atom stereocenters. The predicted molar refractivity (Wildman–Crippen MR) is 56.0 cm³/mol. The number of nitrogens with two attached hydrogens (primary N) is 1. The molecule has 1 aromatic rings. The van der Waals surface area contributed by atoms with E-state index in [0.29, 0.717) is 23.5 Å². The third-order valence-electron chi connectivity index (χ3n) is 2.55. The Hall–Kier alpha value is -1.40. The molecule has 0 aliphatic carbocycles. The molecule has 0 amide bonds. The van der Waals surface area contributed by atoms with E-state index in [2.05, 4.69) is 4.84 Å². The highest BCUT2D eigenvalue weighted by Gasteiger charge is 2.29. The molecule has 0 saturated carbocycles. The number of hydrogen-bond acceptors (Lipinski definition) is 4. The van der Waals surface area contributed by atoms with Crippen LogP contribution in [0.5, 0.6) is 11.5 Å². The third kappa shape index (κ3) is 2.48. The minimum Gasteiger partial charge on any atom is -0.454 e.